The number of nitrogen functional groups attached to an aromatic ring is 1. The molecular weight excluding hydrogens is 264 g/mol. The minimum atomic E-state index is -3.56. The van der Waals surface area contributed by atoms with Gasteiger partial charge in [-0.25, -0.2) is 8.42 Å². The van der Waals surface area contributed by atoms with Crippen molar-refractivity contribution in [2.45, 2.75) is 31.2 Å². The minimum absolute atomic E-state index is 0.00568. The van der Waals surface area contributed by atoms with Gasteiger partial charge < -0.3 is 10.5 Å². The predicted octanol–water partition coefficient (Wildman–Crippen LogP) is 1.70. The molecule has 2 atom stereocenters. The number of benzene rings is 1. The minimum Gasteiger partial charge on any atom is -0.495 e. The second-order valence-corrected chi connectivity index (χ2v) is 7.03. The first-order valence-electron chi connectivity index (χ1n) is 6.31. The molecule has 1 aliphatic rings. The van der Waals surface area contributed by atoms with Crippen molar-refractivity contribution in [1.82, 2.24) is 4.31 Å². The Kier molecular flexibility index (Phi) is 3.73. The molecular formula is C13H20N2O3S. The quantitative estimate of drug-likeness (QED) is 0.857. The normalized spacial score (nSPS) is 24.6. The van der Waals surface area contributed by atoms with Gasteiger partial charge in [0.05, 0.1) is 7.11 Å². The lowest BCUT2D eigenvalue weighted by Gasteiger charge is -2.22. The molecule has 1 heterocycles. The number of methoxy groups -OCH3 is 1. The second kappa shape index (κ2) is 5.02. The Bertz CT molecular complexity index is 571. The third-order valence-corrected chi connectivity index (χ3v) is 5.50. The summed E-state index contributed by atoms with van der Waals surface area (Å²) in [6.45, 7) is 4.53. The molecule has 2 N–H and O–H groups in total. The lowest BCUT2D eigenvalue weighted by atomic mass is 10.1. The van der Waals surface area contributed by atoms with Crippen LogP contribution in [0.1, 0.15) is 20.3 Å². The van der Waals surface area contributed by atoms with Gasteiger partial charge in [-0.05, 0) is 37.5 Å². The van der Waals surface area contributed by atoms with E-state index in [0.717, 1.165) is 6.42 Å². The number of ether oxygens (including phenoxy) is 1. The SMILES string of the molecule is COc1ccc(N)cc1S(=O)(=O)N1CC(C)CC1C. The van der Waals surface area contributed by atoms with Gasteiger partial charge in [0.2, 0.25) is 10.0 Å². The average Bonchev–Trinajstić information content (AvgIpc) is 2.69. The van der Waals surface area contributed by atoms with Crippen molar-refractivity contribution in [3.63, 3.8) is 0 Å². The Balaban J connectivity index is 2.48. The van der Waals surface area contributed by atoms with E-state index in [9.17, 15) is 8.42 Å². The molecule has 0 aromatic heterocycles. The van der Waals surface area contributed by atoms with Crippen LogP contribution in [0.3, 0.4) is 0 Å². The summed E-state index contributed by atoms with van der Waals surface area (Å²) in [7, 11) is -2.10. The van der Waals surface area contributed by atoms with Crippen molar-refractivity contribution < 1.29 is 13.2 Å². The molecule has 106 valence electrons. The van der Waals surface area contributed by atoms with Crippen LogP contribution in [0.5, 0.6) is 5.75 Å². The molecule has 0 saturated carbocycles. The van der Waals surface area contributed by atoms with Crippen LogP contribution in [0, 0.1) is 5.92 Å². The van der Waals surface area contributed by atoms with Crippen LogP contribution < -0.4 is 10.5 Å². The van der Waals surface area contributed by atoms with Crippen LogP contribution in [0.15, 0.2) is 23.1 Å². The van der Waals surface area contributed by atoms with E-state index in [0.29, 0.717) is 23.9 Å². The molecule has 1 aliphatic heterocycles. The number of rotatable bonds is 3. The Hall–Kier alpha value is -1.27. The summed E-state index contributed by atoms with van der Waals surface area (Å²) in [6.07, 6.45) is 0.879. The number of nitrogens with zero attached hydrogens (tertiary/aromatic N) is 1. The molecule has 6 heteroatoms. The molecule has 0 bridgehead atoms. The highest BCUT2D eigenvalue weighted by Crippen LogP contribution is 2.34. The molecule has 1 saturated heterocycles. The van der Waals surface area contributed by atoms with Crippen LogP contribution in [-0.2, 0) is 10.0 Å². The van der Waals surface area contributed by atoms with E-state index in [4.69, 9.17) is 10.5 Å². The van der Waals surface area contributed by atoms with Crippen molar-refractivity contribution in [2.75, 3.05) is 19.4 Å². The van der Waals surface area contributed by atoms with Crippen LogP contribution in [0.2, 0.25) is 0 Å². The van der Waals surface area contributed by atoms with Crippen LogP contribution in [0.4, 0.5) is 5.69 Å². The van der Waals surface area contributed by atoms with Gasteiger partial charge in [-0.2, -0.15) is 4.31 Å². The fourth-order valence-corrected chi connectivity index (χ4v) is 4.57. The van der Waals surface area contributed by atoms with E-state index in [1.54, 1.807) is 12.1 Å². The molecule has 1 aromatic carbocycles. The summed E-state index contributed by atoms with van der Waals surface area (Å²) in [4.78, 5) is 0.149. The molecule has 2 rings (SSSR count). The molecule has 19 heavy (non-hydrogen) atoms. The Labute approximate surface area is 114 Å². The number of hydrogen-bond donors (Lipinski definition) is 1. The molecule has 5 nitrogen and oxygen atoms in total. The van der Waals surface area contributed by atoms with Crippen molar-refractivity contribution >= 4 is 15.7 Å². The van der Waals surface area contributed by atoms with Crippen LogP contribution in [0.25, 0.3) is 0 Å². The van der Waals surface area contributed by atoms with Gasteiger partial charge in [0, 0.05) is 18.3 Å². The van der Waals surface area contributed by atoms with Gasteiger partial charge in [0.25, 0.3) is 0 Å². The summed E-state index contributed by atoms with van der Waals surface area (Å²) in [5, 5.41) is 0. The Morgan fingerprint density at radius 3 is 2.58 bits per heavy atom. The maximum absolute atomic E-state index is 12.7. The van der Waals surface area contributed by atoms with E-state index < -0.39 is 10.0 Å². The molecule has 0 spiro atoms. The summed E-state index contributed by atoms with van der Waals surface area (Å²) < 4.78 is 32.1. The molecule has 1 fully saturated rings. The van der Waals surface area contributed by atoms with E-state index in [1.807, 2.05) is 6.92 Å². The van der Waals surface area contributed by atoms with E-state index in [1.165, 1.54) is 17.5 Å². The fraction of sp³-hybridized carbons (Fsp3) is 0.538. The van der Waals surface area contributed by atoms with Gasteiger partial charge in [-0.1, -0.05) is 6.92 Å². The molecule has 0 radical (unpaired) electrons. The van der Waals surface area contributed by atoms with Gasteiger partial charge in [0.15, 0.2) is 0 Å². The number of hydrogen-bond acceptors (Lipinski definition) is 4. The Morgan fingerprint density at radius 1 is 1.37 bits per heavy atom. The van der Waals surface area contributed by atoms with Gasteiger partial charge >= 0.3 is 0 Å². The van der Waals surface area contributed by atoms with Crippen LogP contribution >= 0.6 is 0 Å². The lowest BCUT2D eigenvalue weighted by Crippen LogP contribution is -2.34. The third-order valence-electron chi connectivity index (χ3n) is 3.50. The largest absolute Gasteiger partial charge is 0.495 e. The van der Waals surface area contributed by atoms with E-state index >= 15 is 0 Å². The predicted molar refractivity (Wildman–Crippen MR) is 74.5 cm³/mol. The van der Waals surface area contributed by atoms with E-state index in [2.05, 4.69) is 6.92 Å². The average molecular weight is 284 g/mol. The van der Waals surface area contributed by atoms with Crippen molar-refractivity contribution in [1.29, 1.82) is 0 Å². The van der Waals surface area contributed by atoms with Crippen molar-refractivity contribution in [3.8, 4) is 5.75 Å². The van der Waals surface area contributed by atoms with Gasteiger partial charge in [0.1, 0.15) is 10.6 Å². The number of anilines is 1. The van der Waals surface area contributed by atoms with Gasteiger partial charge in [-0.3, -0.25) is 0 Å². The topological polar surface area (TPSA) is 72.6 Å². The summed E-state index contributed by atoms with van der Waals surface area (Å²) in [5.41, 5.74) is 6.12. The first-order chi connectivity index (χ1) is 8.86. The second-order valence-electron chi connectivity index (χ2n) is 5.17. The summed E-state index contributed by atoms with van der Waals surface area (Å²) in [6, 6.07) is 4.69. The molecule has 0 aliphatic carbocycles. The highest BCUT2D eigenvalue weighted by molar-refractivity contribution is 7.89. The summed E-state index contributed by atoms with van der Waals surface area (Å²) in [5.74, 6) is 0.706. The molecule has 2 unspecified atom stereocenters. The standard InChI is InChI=1S/C13H20N2O3S/c1-9-6-10(2)15(8-9)19(16,17)13-7-11(14)4-5-12(13)18-3/h4-5,7,9-10H,6,8,14H2,1-3H3. The summed E-state index contributed by atoms with van der Waals surface area (Å²) >= 11 is 0. The lowest BCUT2D eigenvalue weighted by molar-refractivity contribution is 0.385. The van der Waals surface area contributed by atoms with Crippen molar-refractivity contribution in [3.05, 3.63) is 18.2 Å². The number of nitrogens with two attached hydrogens (primary N) is 1. The first kappa shape index (κ1) is 14.1. The molecule has 0 amide bonds. The molecule has 1 aromatic rings. The zero-order chi connectivity index (χ0) is 14.2. The Morgan fingerprint density at radius 2 is 2.05 bits per heavy atom. The first-order valence-corrected chi connectivity index (χ1v) is 7.75. The van der Waals surface area contributed by atoms with Crippen molar-refractivity contribution in [2.24, 2.45) is 5.92 Å². The monoisotopic (exact) mass is 284 g/mol. The zero-order valence-corrected chi connectivity index (χ0v) is 12.3. The third kappa shape index (κ3) is 2.55. The van der Waals surface area contributed by atoms with Gasteiger partial charge in [-0.15, -0.1) is 0 Å². The number of sulfonamides is 1. The van der Waals surface area contributed by atoms with E-state index in [-0.39, 0.29) is 10.9 Å². The highest BCUT2D eigenvalue weighted by Gasteiger charge is 2.37. The smallest absolute Gasteiger partial charge is 0.247 e. The van der Waals surface area contributed by atoms with Crippen LogP contribution in [-0.4, -0.2) is 32.4 Å². The highest BCUT2D eigenvalue weighted by atomic mass is 32.2. The maximum Gasteiger partial charge on any atom is 0.247 e. The fourth-order valence-electron chi connectivity index (χ4n) is 2.62. The maximum atomic E-state index is 12.7. The zero-order valence-electron chi connectivity index (χ0n) is 11.5.